The minimum atomic E-state index is -0.709. The van der Waals surface area contributed by atoms with E-state index in [9.17, 15) is 14.3 Å². The van der Waals surface area contributed by atoms with Crippen molar-refractivity contribution < 1.29 is 14.3 Å². The first-order chi connectivity index (χ1) is 14.0. The number of hydrogen-bond donors (Lipinski definition) is 2. The van der Waals surface area contributed by atoms with Crippen molar-refractivity contribution in [2.24, 2.45) is 10.7 Å². The summed E-state index contributed by atoms with van der Waals surface area (Å²) in [4.78, 5) is 18.0. The second kappa shape index (κ2) is 8.16. The molecular weight excluding hydrogens is 415 g/mol. The number of amides is 1. The zero-order valence-corrected chi connectivity index (χ0v) is 16.9. The van der Waals surface area contributed by atoms with Crippen molar-refractivity contribution in [3.05, 3.63) is 62.7 Å². The summed E-state index contributed by atoms with van der Waals surface area (Å²) in [6, 6.07) is 7.79. The first-order valence-electron chi connectivity index (χ1n) is 9.05. The minimum Gasteiger partial charge on any atom is -0.387 e. The molecule has 0 aliphatic carbocycles. The van der Waals surface area contributed by atoms with Gasteiger partial charge in [-0.3, -0.25) is 9.48 Å². The summed E-state index contributed by atoms with van der Waals surface area (Å²) >= 11 is 7.48. The van der Waals surface area contributed by atoms with Crippen LogP contribution in [0.15, 0.2) is 41.5 Å². The SMILES string of the molecule is NCC(Cc1cccc(F)c1)=NC(=O)c1cc2c(s1)C(O)CCn1ncc(Cl)c1-2. The van der Waals surface area contributed by atoms with Crippen LogP contribution >= 0.6 is 22.9 Å². The number of hydrogen-bond acceptors (Lipinski definition) is 5. The largest absolute Gasteiger partial charge is 0.387 e. The molecule has 1 atom stereocenters. The van der Waals surface area contributed by atoms with Gasteiger partial charge >= 0.3 is 0 Å². The number of nitrogens with two attached hydrogens (primary N) is 1. The summed E-state index contributed by atoms with van der Waals surface area (Å²) in [5, 5.41) is 15.2. The molecule has 6 nitrogen and oxygen atoms in total. The normalized spacial score (nSPS) is 16.3. The predicted molar refractivity (Wildman–Crippen MR) is 111 cm³/mol. The van der Waals surface area contributed by atoms with Gasteiger partial charge in [0.2, 0.25) is 0 Å². The Morgan fingerprint density at radius 1 is 1.45 bits per heavy atom. The second-order valence-electron chi connectivity index (χ2n) is 6.75. The number of carbonyl (C=O) groups excluding carboxylic acids is 1. The van der Waals surface area contributed by atoms with Crippen molar-refractivity contribution in [1.29, 1.82) is 0 Å². The molecule has 9 heteroatoms. The molecule has 0 spiro atoms. The third kappa shape index (κ3) is 4.02. The molecule has 3 heterocycles. The van der Waals surface area contributed by atoms with Crippen LogP contribution in [0.1, 0.15) is 32.6 Å². The summed E-state index contributed by atoms with van der Waals surface area (Å²) < 4.78 is 15.1. The van der Waals surface area contributed by atoms with Gasteiger partial charge in [0.25, 0.3) is 5.91 Å². The van der Waals surface area contributed by atoms with Crippen LogP contribution in [-0.4, -0.2) is 33.1 Å². The summed E-state index contributed by atoms with van der Waals surface area (Å²) in [7, 11) is 0. The van der Waals surface area contributed by atoms with Gasteiger partial charge in [-0.2, -0.15) is 5.10 Å². The maximum atomic E-state index is 13.4. The van der Waals surface area contributed by atoms with Crippen LogP contribution in [0.4, 0.5) is 4.39 Å². The maximum absolute atomic E-state index is 13.4. The van der Waals surface area contributed by atoms with Gasteiger partial charge in [0.05, 0.1) is 27.9 Å². The van der Waals surface area contributed by atoms with Gasteiger partial charge in [0.15, 0.2) is 0 Å². The molecule has 150 valence electrons. The molecule has 4 rings (SSSR count). The van der Waals surface area contributed by atoms with Crippen LogP contribution in [0.5, 0.6) is 0 Å². The highest BCUT2D eigenvalue weighted by atomic mass is 35.5. The van der Waals surface area contributed by atoms with E-state index in [1.54, 1.807) is 29.1 Å². The molecule has 1 amide bonds. The van der Waals surface area contributed by atoms with E-state index < -0.39 is 12.0 Å². The number of thiophene rings is 1. The second-order valence-corrected chi connectivity index (χ2v) is 8.24. The number of aliphatic hydroxyl groups excluding tert-OH is 1. The van der Waals surface area contributed by atoms with Crippen LogP contribution in [0, 0.1) is 5.82 Å². The summed E-state index contributed by atoms with van der Waals surface area (Å²) in [6.45, 7) is 0.617. The fraction of sp³-hybridized carbons (Fsp3) is 0.250. The predicted octanol–water partition coefficient (Wildman–Crippen LogP) is 3.62. The Morgan fingerprint density at radius 2 is 2.28 bits per heavy atom. The number of nitrogens with zero attached hydrogens (tertiary/aromatic N) is 3. The van der Waals surface area contributed by atoms with Crippen molar-refractivity contribution in [2.75, 3.05) is 6.54 Å². The highest BCUT2D eigenvalue weighted by Crippen LogP contribution is 2.42. The molecular formula is C20H18ClFN4O2S. The number of aliphatic imine (C=N–C) groups is 1. The molecule has 3 N–H and O–H groups in total. The lowest BCUT2D eigenvalue weighted by atomic mass is 10.1. The monoisotopic (exact) mass is 432 g/mol. The van der Waals surface area contributed by atoms with Gasteiger partial charge < -0.3 is 10.8 Å². The lowest BCUT2D eigenvalue weighted by Gasteiger charge is -2.05. The van der Waals surface area contributed by atoms with E-state index in [1.807, 2.05) is 0 Å². The molecule has 1 aromatic carbocycles. The van der Waals surface area contributed by atoms with Crippen molar-refractivity contribution in [1.82, 2.24) is 9.78 Å². The Bertz CT molecular complexity index is 1110. The molecule has 0 bridgehead atoms. The maximum Gasteiger partial charge on any atom is 0.287 e. The van der Waals surface area contributed by atoms with Crippen LogP contribution < -0.4 is 5.73 Å². The Balaban J connectivity index is 1.66. The summed E-state index contributed by atoms with van der Waals surface area (Å²) in [5.74, 6) is -0.802. The van der Waals surface area contributed by atoms with Crippen LogP contribution in [0.2, 0.25) is 5.02 Å². The van der Waals surface area contributed by atoms with E-state index in [2.05, 4.69) is 10.1 Å². The van der Waals surface area contributed by atoms with E-state index >= 15 is 0 Å². The topological polar surface area (TPSA) is 93.5 Å². The molecule has 1 unspecified atom stereocenters. The zero-order chi connectivity index (χ0) is 20.5. The molecule has 0 saturated carbocycles. The number of aryl methyl sites for hydroxylation is 1. The molecule has 1 aliphatic heterocycles. The average molecular weight is 433 g/mol. The Kier molecular flexibility index (Phi) is 5.60. The fourth-order valence-corrected chi connectivity index (χ4v) is 4.67. The highest BCUT2D eigenvalue weighted by molar-refractivity contribution is 7.14. The minimum absolute atomic E-state index is 0.0779. The fourth-order valence-electron chi connectivity index (χ4n) is 3.36. The molecule has 29 heavy (non-hydrogen) atoms. The van der Waals surface area contributed by atoms with Crippen molar-refractivity contribution in [2.45, 2.75) is 25.5 Å². The first-order valence-corrected chi connectivity index (χ1v) is 10.2. The van der Waals surface area contributed by atoms with Gasteiger partial charge in [-0.05, 0) is 30.2 Å². The molecule has 1 aliphatic rings. The zero-order valence-electron chi connectivity index (χ0n) is 15.3. The van der Waals surface area contributed by atoms with Gasteiger partial charge in [0, 0.05) is 35.7 Å². The standard InChI is InChI=1S/C20H18ClFN4O2S/c21-15-10-24-26-5-4-16(27)19-14(18(15)26)8-17(29-19)20(28)25-13(9-23)7-11-2-1-3-12(22)6-11/h1-3,6,8,10,16,27H,4-5,7,9,23H2. The van der Waals surface area contributed by atoms with Gasteiger partial charge in [-0.15, -0.1) is 11.3 Å². The quantitative estimate of drug-likeness (QED) is 0.615. The molecule has 0 radical (unpaired) electrons. The van der Waals surface area contributed by atoms with Crippen molar-refractivity contribution >= 4 is 34.6 Å². The average Bonchev–Trinajstić information content (AvgIpc) is 3.26. The van der Waals surface area contributed by atoms with Crippen molar-refractivity contribution in [3.8, 4) is 11.3 Å². The number of fused-ring (bicyclic) bond motifs is 3. The third-order valence-corrected chi connectivity index (χ3v) is 6.23. The third-order valence-electron chi connectivity index (χ3n) is 4.73. The smallest absolute Gasteiger partial charge is 0.287 e. The Labute approximate surface area is 175 Å². The van der Waals surface area contributed by atoms with E-state index in [0.717, 1.165) is 0 Å². The number of benzene rings is 1. The number of carbonyl (C=O) groups is 1. The lowest BCUT2D eigenvalue weighted by Crippen LogP contribution is -2.18. The summed E-state index contributed by atoms with van der Waals surface area (Å²) in [5.41, 5.74) is 8.28. The number of aliphatic hydroxyl groups is 1. The van der Waals surface area contributed by atoms with E-state index in [-0.39, 0.29) is 18.8 Å². The van der Waals surface area contributed by atoms with E-state index in [4.69, 9.17) is 17.3 Å². The number of rotatable bonds is 4. The molecule has 0 fully saturated rings. The van der Waals surface area contributed by atoms with E-state index in [1.165, 1.54) is 23.5 Å². The van der Waals surface area contributed by atoms with Crippen LogP contribution in [-0.2, 0) is 13.0 Å². The molecule has 2 aromatic heterocycles. The van der Waals surface area contributed by atoms with Gasteiger partial charge in [-0.25, -0.2) is 9.38 Å². The highest BCUT2D eigenvalue weighted by Gasteiger charge is 2.27. The Morgan fingerprint density at radius 3 is 3.03 bits per heavy atom. The molecule has 0 saturated heterocycles. The Hall–Kier alpha value is -2.39. The van der Waals surface area contributed by atoms with Crippen LogP contribution in [0.25, 0.3) is 11.3 Å². The number of halogens is 2. The van der Waals surface area contributed by atoms with Gasteiger partial charge in [-0.1, -0.05) is 23.7 Å². The summed E-state index contributed by atoms with van der Waals surface area (Å²) in [6.07, 6.45) is 1.61. The van der Waals surface area contributed by atoms with Crippen LogP contribution in [0.3, 0.4) is 0 Å². The van der Waals surface area contributed by atoms with E-state index in [0.29, 0.717) is 50.3 Å². The molecule has 3 aromatic rings. The van der Waals surface area contributed by atoms with Gasteiger partial charge in [0.1, 0.15) is 5.82 Å². The lowest BCUT2D eigenvalue weighted by molar-refractivity contribution is 0.101. The van der Waals surface area contributed by atoms with Crippen molar-refractivity contribution in [3.63, 3.8) is 0 Å². The number of aromatic nitrogens is 2. The first kappa shape index (κ1) is 19.9.